The highest BCUT2D eigenvalue weighted by atomic mass is 15.2. The summed E-state index contributed by atoms with van der Waals surface area (Å²) in [7, 11) is 2.21. The van der Waals surface area contributed by atoms with Crippen LogP contribution >= 0.6 is 0 Å². The Hall–Kier alpha value is -0.930. The minimum Gasteiger partial charge on any atom is -0.329 e. The highest BCUT2D eigenvalue weighted by molar-refractivity contribution is 5.05. The van der Waals surface area contributed by atoms with Gasteiger partial charge in [-0.3, -0.25) is 9.88 Å². The molecule has 1 aromatic rings. The maximum absolute atomic E-state index is 6.15. The maximum atomic E-state index is 6.15. The fourth-order valence-electron chi connectivity index (χ4n) is 3.21. The fourth-order valence-corrected chi connectivity index (χ4v) is 3.21. The van der Waals surface area contributed by atoms with Gasteiger partial charge in [0.15, 0.2) is 0 Å². The predicted molar refractivity (Wildman–Crippen MR) is 79.7 cm³/mol. The second kappa shape index (κ2) is 6.49. The molecule has 2 rings (SSSR count). The Morgan fingerprint density at radius 1 is 1.37 bits per heavy atom. The molecule has 3 heteroatoms. The van der Waals surface area contributed by atoms with Gasteiger partial charge in [0.25, 0.3) is 0 Å². The van der Waals surface area contributed by atoms with Gasteiger partial charge in [0.1, 0.15) is 0 Å². The summed E-state index contributed by atoms with van der Waals surface area (Å²) in [4.78, 5) is 6.87. The van der Waals surface area contributed by atoms with Gasteiger partial charge >= 0.3 is 0 Å². The molecule has 1 aliphatic carbocycles. The minimum atomic E-state index is 0.169. The number of aromatic nitrogens is 1. The zero-order valence-corrected chi connectivity index (χ0v) is 12.3. The normalized spacial score (nSPS) is 28.3. The van der Waals surface area contributed by atoms with E-state index in [4.69, 9.17) is 5.73 Å². The molecule has 1 saturated carbocycles. The fraction of sp³-hybridized carbons (Fsp3) is 0.688. The van der Waals surface area contributed by atoms with Crippen LogP contribution in [0, 0.1) is 5.92 Å². The SMILES string of the molecule is CC1CCCC(CN)(N(C)Cc2ccccn2)CC1. The quantitative estimate of drug-likeness (QED) is 0.847. The van der Waals surface area contributed by atoms with E-state index in [1.807, 2.05) is 12.3 Å². The van der Waals surface area contributed by atoms with Gasteiger partial charge in [0.2, 0.25) is 0 Å². The van der Waals surface area contributed by atoms with Gasteiger partial charge in [-0.15, -0.1) is 0 Å². The van der Waals surface area contributed by atoms with E-state index in [2.05, 4.69) is 36.0 Å². The smallest absolute Gasteiger partial charge is 0.0544 e. The summed E-state index contributed by atoms with van der Waals surface area (Å²) in [5.41, 5.74) is 7.45. The molecule has 0 aromatic carbocycles. The van der Waals surface area contributed by atoms with Crippen LogP contribution in [0.25, 0.3) is 0 Å². The lowest BCUT2D eigenvalue weighted by molar-refractivity contribution is 0.0973. The Morgan fingerprint density at radius 2 is 2.21 bits per heavy atom. The number of hydrogen-bond acceptors (Lipinski definition) is 3. The summed E-state index contributed by atoms with van der Waals surface area (Å²) in [5.74, 6) is 0.844. The molecule has 0 amide bonds. The number of nitrogens with zero attached hydrogens (tertiary/aromatic N) is 2. The van der Waals surface area contributed by atoms with Crippen molar-refractivity contribution in [1.29, 1.82) is 0 Å². The van der Waals surface area contributed by atoms with Gasteiger partial charge in [-0.05, 0) is 44.4 Å². The van der Waals surface area contributed by atoms with Crippen LogP contribution < -0.4 is 5.73 Å². The zero-order valence-electron chi connectivity index (χ0n) is 12.3. The molecule has 2 unspecified atom stereocenters. The Labute approximate surface area is 117 Å². The average Bonchev–Trinajstić information content (AvgIpc) is 2.62. The molecular weight excluding hydrogens is 234 g/mol. The van der Waals surface area contributed by atoms with Gasteiger partial charge in [-0.25, -0.2) is 0 Å². The Morgan fingerprint density at radius 3 is 2.89 bits per heavy atom. The van der Waals surface area contributed by atoms with Gasteiger partial charge in [0.05, 0.1) is 5.69 Å². The van der Waals surface area contributed by atoms with E-state index in [-0.39, 0.29) is 5.54 Å². The number of pyridine rings is 1. The molecule has 0 saturated heterocycles. The lowest BCUT2D eigenvalue weighted by atomic mass is 9.88. The van der Waals surface area contributed by atoms with Crippen LogP contribution in [0.15, 0.2) is 24.4 Å². The van der Waals surface area contributed by atoms with Crippen LogP contribution in [-0.4, -0.2) is 29.0 Å². The lowest BCUT2D eigenvalue weighted by Crippen LogP contribution is -2.51. The van der Waals surface area contributed by atoms with Crippen LogP contribution in [-0.2, 0) is 6.54 Å². The van der Waals surface area contributed by atoms with Crippen LogP contribution in [0.2, 0.25) is 0 Å². The second-order valence-electron chi connectivity index (χ2n) is 6.14. The topological polar surface area (TPSA) is 42.1 Å². The van der Waals surface area contributed by atoms with Crippen LogP contribution in [0.3, 0.4) is 0 Å². The molecule has 19 heavy (non-hydrogen) atoms. The first-order valence-corrected chi connectivity index (χ1v) is 7.47. The van der Waals surface area contributed by atoms with Gasteiger partial charge in [0, 0.05) is 24.8 Å². The molecule has 106 valence electrons. The first-order chi connectivity index (χ1) is 9.16. The van der Waals surface area contributed by atoms with E-state index in [1.165, 1.54) is 32.1 Å². The van der Waals surface area contributed by atoms with E-state index in [9.17, 15) is 0 Å². The van der Waals surface area contributed by atoms with Crippen LogP contribution in [0.4, 0.5) is 0 Å². The molecule has 0 bridgehead atoms. The standard InChI is InChI=1S/C16H27N3/c1-14-6-5-9-16(13-17,10-8-14)19(2)12-15-7-3-4-11-18-15/h3-4,7,11,14H,5-6,8-10,12-13,17H2,1-2H3. The molecule has 0 spiro atoms. The van der Waals surface area contributed by atoms with Crippen molar-refractivity contribution in [1.82, 2.24) is 9.88 Å². The van der Waals surface area contributed by atoms with Crippen molar-refractivity contribution in [3.8, 4) is 0 Å². The largest absolute Gasteiger partial charge is 0.329 e. The monoisotopic (exact) mass is 261 g/mol. The molecule has 1 aliphatic rings. The summed E-state index contributed by atoms with van der Waals surface area (Å²) in [6, 6.07) is 6.12. The molecule has 1 fully saturated rings. The highest BCUT2D eigenvalue weighted by Crippen LogP contribution is 2.34. The van der Waals surface area contributed by atoms with Crippen LogP contribution in [0.5, 0.6) is 0 Å². The van der Waals surface area contributed by atoms with Crippen LogP contribution in [0.1, 0.15) is 44.7 Å². The van der Waals surface area contributed by atoms with Crippen molar-refractivity contribution in [2.75, 3.05) is 13.6 Å². The second-order valence-corrected chi connectivity index (χ2v) is 6.14. The average molecular weight is 261 g/mol. The van der Waals surface area contributed by atoms with Crippen molar-refractivity contribution < 1.29 is 0 Å². The van der Waals surface area contributed by atoms with E-state index in [0.29, 0.717) is 0 Å². The lowest BCUT2D eigenvalue weighted by Gasteiger charge is -2.41. The summed E-state index contributed by atoms with van der Waals surface area (Å²) < 4.78 is 0. The number of rotatable bonds is 4. The van der Waals surface area contributed by atoms with Gasteiger partial charge < -0.3 is 5.73 Å². The molecular formula is C16H27N3. The first-order valence-electron chi connectivity index (χ1n) is 7.47. The van der Waals surface area contributed by atoms with Gasteiger partial charge in [-0.2, -0.15) is 0 Å². The predicted octanol–water partition coefficient (Wildman–Crippen LogP) is 2.81. The van der Waals surface area contributed by atoms with E-state index in [1.54, 1.807) is 0 Å². The molecule has 1 aromatic heterocycles. The number of nitrogens with two attached hydrogens (primary N) is 1. The van der Waals surface area contributed by atoms with Crippen molar-refractivity contribution in [3.63, 3.8) is 0 Å². The molecule has 2 atom stereocenters. The number of likely N-dealkylation sites (N-methyl/N-ethyl adjacent to an activating group) is 1. The van der Waals surface area contributed by atoms with E-state index in [0.717, 1.165) is 24.7 Å². The Balaban J connectivity index is 2.07. The molecule has 0 aliphatic heterocycles. The number of hydrogen-bond donors (Lipinski definition) is 1. The molecule has 3 nitrogen and oxygen atoms in total. The van der Waals surface area contributed by atoms with Crippen molar-refractivity contribution in [3.05, 3.63) is 30.1 Å². The van der Waals surface area contributed by atoms with Crippen molar-refractivity contribution >= 4 is 0 Å². The summed E-state index contributed by atoms with van der Waals surface area (Å²) in [6.07, 6.45) is 8.24. The molecule has 1 heterocycles. The summed E-state index contributed by atoms with van der Waals surface area (Å²) in [5, 5.41) is 0. The Bertz CT molecular complexity index is 379. The third kappa shape index (κ3) is 3.54. The highest BCUT2D eigenvalue weighted by Gasteiger charge is 2.34. The van der Waals surface area contributed by atoms with Gasteiger partial charge in [-0.1, -0.05) is 25.8 Å². The van der Waals surface area contributed by atoms with E-state index < -0.39 is 0 Å². The van der Waals surface area contributed by atoms with Crippen molar-refractivity contribution in [2.24, 2.45) is 11.7 Å². The first kappa shape index (κ1) is 14.5. The maximum Gasteiger partial charge on any atom is 0.0544 e. The van der Waals surface area contributed by atoms with E-state index >= 15 is 0 Å². The molecule has 2 N–H and O–H groups in total. The summed E-state index contributed by atoms with van der Waals surface area (Å²) in [6.45, 7) is 4.01. The Kier molecular flexibility index (Phi) is 4.94. The van der Waals surface area contributed by atoms with Crippen molar-refractivity contribution in [2.45, 2.75) is 51.1 Å². The molecule has 0 radical (unpaired) electrons. The minimum absolute atomic E-state index is 0.169. The third-order valence-electron chi connectivity index (χ3n) is 4.76. The summed E-state index contributed by atoms with van der Waals surface area (Å²) >= 11 is 0. The zero-order chi connectivity index (χ0) is 13.7. The third-order valence-corrected chi connectivity index (χ3v) is 4.76.